The van der Waals surface area contributed by atoms with Crippen LogP contribution in [0.5, 0.6) is 0 Å². The lowest BCUT2D eigenvalue weighted by Crippen LogP contribution is -2.13. The summed E-state index contributed by atoms with van der Waals surface area (Å²) in [4.78, 5) is 7.61. The fourth-order valence-electron chi connectivity index (χ4n) is 2.04. The maximum atomic E-state index is 13.7. The van der Waals surface area contributed by atoms with E-state index < -0.39 is 11.6 Å². The number of nitrogens with zero attached hydrogens (tertiary/aromatic N) is 4. The van der Waals surface area contributed by atoms with E-state index in [1.54, 1.807) is 0 Å². The molecule has 0 aliphatic carbocycles. The first-order chi connectivity index (χ1) is 10.1. The van der Waals surface area contributed by atoms with Gasteiger partial charge in [-0.2, -0.15) is 5.10 Å². The highest BCUT2D eigenvalue weighted by Crippen LogP contribution is 2.19. The van der Waals surface area contributed by atoms with E-state index in [2.05, 4.69) is 15.1 Å². The van der Waals surface area contributed by atoms with Crippen LogP contribution in [0.2, 0.25) is 0 Å². The highest BCUT2D eigenvalue weighted by atomic mass is 19.1. The number of fused-ring (bicyclic) bond motifs is 1. The Kier molecular flexibility index (Phi) is 4.11. The van der Waals surface area contributed by atoms with Gasteiger partial charge in [-0.15, -0.1) is 0 Å². The molecule has 0 unspecified atom stereocenters. The number of pyridine rings is 2. The van der Waals surface area contributed by atoms with Gasteiger partial charge in [0.15, 0.2) is 5.65 Å². The van der Waals surface area contributed by atoms with E-state index in [0.717, 1.165) is 12.4 Å². The summed E-state index contributed by atoms with van der Waals surface area (Å²) in [5.74, 6) is -1.34. The lowest BCUT2D eigenvalue weighted by Gasteiger charge is -2.03. The summed E-state index contributed by atoms with van der Waals surface area (Å²) in [6.07, 6.45) is 3.59. The Hall–Kier alpha value is -2.90. The number of rotatable bonds is 3. The van der Waals surface area contributed by atoms with Gasteiger partial charge in [0.05, 0.1) is 24.3 Å². The van der Waals surface area contributed by atoms with Crippen molar-refractivity contribution in [3.8, 4) is 0 Å². The molecule has 8 heteroatoms. The molecule has 3 N–H and O–H groups in total. The third-order valence-corrected chi connectivity index (χ3v) is 2.99. The number of amidine groups is 1. The van der Waals surface area contributed by atoms with E-state index in [1.165, 1.54) is 23.0 Å². The van der Waals surface area contributed by atoms with Crippen molar-refractivity contribution in [2.24, 2.45) is 5.73 Å². The van der Waals surface area contributed by atoms with Crippen LogP contribution in [0.25, 0.3) is 11.0 Å². The maximum absolute atomic E-state index is 13.7. The third-order valence-electron chi connectivity index (χ3n) is 2.99. The zero-order valence-electron chi connectivity index (χ0n) is 10.7. The van der Waals surface area contributed by atoms with Gasteiger partial charge >= 0.3 is 0 Å². The van der Waals surface area contributed by atoms with Crippen molar-refractivity contribution in [3.63, 3.8) is 0 Å². The fraction of sp³-hybridized carbons (Fsp3) is 0.143. The molecule has 22 heavy (non-hydrogen) atoms. The van der Waals surface area contributed by atoms with E-state index in [-0.39, 0.29) is 25.5 Å². The van der Waals surface area contributed by atoms with E-state index >= 15 is 0 Å². The molecule has 0 aliphatic rings. The Morgan fingerprint density at radius 3 is 2.77 bits per heavy atom. The Morgan fingerprint density at radius 1 is 1.32 bits per heavy atom. The van der Waals surface area contributed by atoms with E-state index in [9.17, 15) is 8.78 Å². The average molecular weight is 304 g/mol. The molecule has 0 atom stereocenters. The van der Waals surface area contributed by atoms with Crippen molar-refractivity contribution in [1.82, 2.24) is 19.7 Å². The summed E-state index contributed by atoms with van der Waals surface area (Å²) >= 11 is 0. The van der Waals surface area contributed by atoms with Crippen LogP contribution in [-0.2, 0) is 6.54 Å². The number of hydrogen-bond donors (Lipinski definition) is 2. The van der Waals surface area contributed by atoms with Gasteiger partial charge in [0.2, 0.25) is 0 Å². The van der Waals surface area contributed by atoms with Crippen LogP contribution >= 0.6 is 0 Å². The van der Waals surface area contributed by atoms with Gasteiger partial charge in [0.25, 0.3) is 0 Å². The van der Waals surface area contributed by atoms with Gasteiger partial charge < -0.3 is 5.73 Å². The summed E-state index contributed by atoms with van der Waals surface area (Å²) in [5.41, 5.74) is 6.25. The van der Waals surface area contributed by atoms with Crippen LogP contribution in [0.4, 0.5) is 8.78 Å². The molecule has 3 aromatic rings. The molecule has 0 saturated heterocycles. The predicted molar refractivity (Wildman–Crippen MR) is 78.5 cm³/mol. The Morgan fingerprint density at radius 2 is 2.09 bits per heavy atom. The SMILES string of the molecule is C.N=C(N)c1nn(Cc2ccncc2F)c2ncc(F)cc12. The first-order valence-electron chi connectivity index (χ1n) is 6.01. The summed E-state index contributed by atoms with van der Waals surface area (Å²) in [6, 6.07) is 2.71. The highest BCUT2D eigenvalue weighted by Gasteiger charge is 2.16. The lowest BCUT2D eigenvalue weighted by atomic mass is 10.2. The van der Waals surface area contributed by atoms with Gasteiger partial charge in [-0.3, -0.25) is 10.4 Å². The molecule has 0 bridgehead atoms. The molecule has 0 aliphatic heterocycles. The Bertz CT molecular complexity index is 842. The van der Waals surface area contributed by atoms with Crippen LogP contribution < -0.4 is 5.73 Å². The Labute approximate surface area is 125 Å². The molecule has 0 saturated carbocycles. The summed E-state index contributed by atoms with van der Waals surface area (Å²) in [5, 5.41) is 11.9. The van der Waals surface area contributed by atoms with Crippen molar-refractivity contribution in [2.75, 3.05) is 0 Å². The quantitative estimate of drug-likeness (QED) is 0.572. The highest BCUT2D eigenvalue weighted by molar-refractivity contribution is 6.04. The lowest BCUT2D eigenvalue weighted by molar-refractivity contribution is 0.582. The van der Waals surface area contributed by atoms with Crippen molar-refractivity contribution >= 4 is 16.9 Å². The van der Waals surface area contributed by atoms with Crippen LogP contribution in [0.15, 0.2) is 30.7 Å². The van der Waals surface area contributed by atoms with Gasteiger partial charge in [0, 0.05) is 11.8 Å². The second-order valence-corrected chi connectivity index (χ2v) is 4.41. The van der Waals surface area contributed by atoms with Gasteiger partial charge in [-0.1, -0.05) is 7.43 Å². The van der Waals surface area contributed by atoms with Crippen molar-refractivity contribution in [1.29, 1.82) is 5.41 Å². The molecule has 3 rings (SSSR count). The standard InChI is InChI=1S/C13H10F2N6.CH4/c14-8-3-9-11(12(16)17)20-21(13(9)19-4-8)6-7-1-2-18-5-10(7)15;/h1-5H,6H2,(H3,16,17);1H4. The van der Waals surface area contributed by atoms with Crippen LogP contribution in [0.3, 0.4) is 0 Å². The van der Waals surface area contributed by atoms with Gasteiger partial charge in [0.1, 0.15) is 23.2 Å². The van der Waals surface area contributed by atoms with Crippen molar-refractivity contribution in [2.45, 2.75) is 14.0 Å². The summed E-state index contributed by atoms with van der Waals surface area (Å²) in [7, 11) is 0. The van der Waals surface area contributed by atoms with E-state index in [4.69, 9.17) is 11.1 Å². The molecule has 114 valence electrons. The topological polar surface area (TPSA) is 93.5 Å². The fourth-order valence-corrected chi connectivity index (χ4v) is 2.04. The predicted octanol–water partition coefficient (Wildman–Crippen LogP) is 2.07. The minimum atomic E-state index is -0.556. The number of nitrogens with one attached hydrogen (secondary N) is 1. The zero-order valence-corrected chi connectivity index (χ0v) is 10.7. The number of nitrogen functional groups attached to an aromatic ring is 1. The molecule has 0 radical (unpaired) electrons. The smallest absolute Gasteiger partial charge is 0.159 e. The first-order valence-corrected chi connectivity index (χ1v) is 6.01. The van der Waals surface area contributed by atoms with Crippen LogP contribution in [-0.4, -0.2) is 25.6 Å². The summed E-state index contributed by atoms with van der Waals surface area (Å²) < 4.78 is 28.3. The van der Waals surface area contributed by atoms with Crippen molar-refractivity contribution < 1.29 is 8.78 Å². The number of aromatic nitrogens is 4. The minimum Gasteiger partial charge on any atom is -0.382 e. The first kappa shape index (κ1) is 15.5. The monoisotopic (exact) mass is 304 g/mol. The molecule has 0 fully saturated rings. The minimum absolute atomic E-state index is 0. The van der Waals surface area contributed by atoms with E-state index in [0.29, 0.717) is 16.6 Å². The maximum Gasteiger partial charge on any atom is 0.159 e. The molecule has 0 spiro atoms. The van der Waals surface area contributed by atoms with Crippen LogP contribution in [0, 0.1) is 17.0 Å². The largest absolute Gasteiger partial charge is 0.382 e. The summed E-state index contributed by atoms with van der Waals surface area (Å²) in [6.45, 7) is 0.0801. The van der Waals surface area contributed by atoms with Gasteiger partial charge in [-0.05, 0) is 12.1 Å². The third kappa shape index (κ3) is 2.62. The second-order valence-electron chi connectivity index (χ2n) is 4.41. The van der Waals surface area contributed by atoms with Crippen LogP contribution in [0.1, 0.15) is 18.7 Å². The normalized spacial score (nSPS) is 10.5. The van der Waals surface area contributed by atoms with Gasteiger partial charge in [-0.25, -0.2) is 18.4 Å². The second kappa shape index (κ2) is 5.84. The molecule has 3 heterocycles. The zero-order chi connectivity index (χ0) is 15.0. The molecule has 3 aromatic heterocycles. The Balaban J connectivity index is 0.00000176. The number of nitrogens with two attached hydrogens (primary N) is 1. The molecule has 0 aromatic carbocycles. The number of halogens is 2. The molecular weight excluding hydrogens is 290 g/mol. The molecular formula is C14H14F2N6. The average Bonchev–Trinajstić information content (AvgIpc) is 2.79. The van der Waals surface area contributed by atoms with E-state index in [1.807, 2.05) is 0 Å². The van der Waals surface area contributed by atoms with Crippen molar-refractivity contribution in [3.05, 3.63) is 53.6 Å². The molecule has 0 amide bonds. The number of hydrogen-bond acceptors (Lipinski definition) is 4. The molecule has 6 nitrogen and oxygen atoms in total.